The minimum atomic E-state index is -3.72. The third-order valence-corrected chi connectivity index (χ3v) is 4.70. The van der Waals surface area contributed by atoms with E-state index in [4.69, 9.17) is 5.11 Å². The van der Waals surface area contributed by atoms with Gasteiger partial charge in [0.05, 0.1) is 5.69 Å². The van der Waals surface area contributed by atoms with E-state index in [2.05, 4.69) is 16.6 Å². The number of hydrogen-bond donors (Lipinski definition) is 2. The Morgan fingerprint density at radius 2 is 2.00 bits per heavy atom. The lowest BCUT2D eigenvalue weighted by molar-refractivity contribution is 0.349. The van der Waals surface area contributed by atoms with E-state index >= 15 is 0 Å². The number of aliphatic hydroxyl groups is 1. The molecule has 0 saturated carbocycles. The van der Waals surface area contributed by atoms with Crippen LogP contribution in [0, 0.1) is 17.7 Å². The van der Waals surface area contributed by atoms with Crippen LogP contribution in [0.5, 0.6) is 0 Å². The van der Waals surface area contributed by atoms with Gasteiger partial charge < -0.3 is 5.11 Å². The Kier molecular flexibility index (Phi) is 5.17. The van der Waals surface area contributed by atoms with Gasteiger partial charge in [-0.2, -0.15) is 12.7 Å². The van der Waals surface area contributed by atoms with Crippen molar-refractivity contribution >= 4 is 15.9 Å². The van der Waals surface area contributed by atoms with Gasteiger partial charge in [0.25, 0.3) is 0 Å². The Balaban J connectivity index is 2.15. The summed E-state index contributed by atoms with van der Waals surface area (Å²) >= 11 is 0. The van der Waals surface area contributed by atoms with Gasteiger partial charge in [-0.3, -0.25) is 4.72 Å². The van der Waals surface area contributed by atoms with Crippen LogP contribution in [0.25, 0.3) is 0 Å². The van der Waals surface area contributed by atoms with E-state index in [1.165, 1.54) is 16.4 Å². The number of anilines is 1. The highest BCUT2D eigenvalue weighted by atomic mass is 32.2. The van der Waals surface area contributed by atoms with Crippen molar-refractivity contribution in [3.05, 3.63) is 29.6 Å². The molecule has 2 rings (SSSR count). The fourth-order valence-corrected chi connectivity index (χ4v) is 3.44. The number of aliphatic hydroxyl groups excluding tert-OH is 1. The summed E-state index contributed by atoms with van der Waals surface area (Å²) in [6.45, 7) is 0.596. The molecule has 1 saturated heterocycles. The molecule has 0 aliphatic carbocycles. The molecule has 0 amide bonds. The first-order chi connectivity index (χ1) is 10.0. The molecule has 2 N–H and O–H groups in total. The van der Waals surface area contributed by atoms with Crippen molar-refractivity contribution in [2.75, 3.05) is 24.4 Å². The largest absolute Gasteiger partial charge is 0.384 e. The van der Waals surface area contributed by atoms with Crippen LogP contribution in [-0.4, -0.2) is 37.5 Å². The Bertz CT molecular complexity index is 659. The highest BCUT2D eigenvalue weighted by Crippen LogP contribution is 2.20. The lowest BCUT2D eigenvalue weighted by Crippen LogP contribution is -2.39. The number of rotatable bonds is 3. The number of halogens is 1. The number of piperidine rings is 1. The van der Waals surface area contributed by atoms with Crippen LogP contribution in [-0.2, 0) is 10.2 Å². The normalized spacial score (nSPS) is 16.1. The summed E-state index contributed by atoms with van der Waals surface area (Å²) in [5.41, 5.74) is 0.276. The number of nitrogens with zero attached hydrogens (tertiary/aromatic N) is 1. The Labute approximate surface area is 124 Å². The van der Waals surface area contributed by atoms with Gasteiger partial charge in [-0.15, -0.1) is 0 Å². The van der Waals surface area contributed by atoms with Crippen LogP contribution >= 0.6 is 0 Å². The predicted octanol–water partition coefficient (Wildman–Crippen LogP) is 1.31. The van der Waals surface area contributed by atoms with Crippen LogP contribution in [0.1, 0.15) is 24.8 Å². The van der Waals surface area contributed by atoms with Gasteiger partial charge in [0, 0.05) is 18.7 Å². The zero-order valence-electron chi connectivity index (χ0n) is 11.5. The van der Waals surface area contributed by atoms with Crippen molar-refractivity contribution in [2.24, 2.45) is 0 Å². The summed E-state index contributed by atoms with van der Waals surface area (Å²) in [6, 6.07) is 3.97. The van der Waals surface area contributed by atoms with Gasteiger partial charge >= 0.3 is 10.2 Å². The van der Waals surface area contributed by atoms with Crippen molar-refractivity contribution in [2.45, 2.75) is 19.3 Å². The van der Waals surface area contributed by atoms with Crippen molar-refractivity contribution < 1.29 is 17.9 Å². The molecule has 1 fully saturated rings. The van der Waals surface area contributed by atoms with Crippen molar-refractivity contribution in [1.29, 1.82) is 0 Å². The first-order valence-electron chi connectivity index (χ1n) is 6.70. The molecular weight excluding hydrogens is 295 g/mol. The van der Waals surface area contributed by atoms with Crippen LogP contribution < -0.4 is 4.72 Å². The van der Waals surface area contributed by atoms with Crippen LogP contribution in [0.4, 0.5) is 10.1 Å². The molecule has 0 bridgehead atoms. The molecule has 1 aliphatic rings. The second kappa shape index (κ2) is 6.89. The fourth-order valence-electron chi connectivity index (χ4n) is 2.13. The van der Waals surface area contributed by atoms with Crippen molar-refractivity contribution in [1.82, 2.24) is 4.31 Å². The molecule has 1 aliphatic heterocycles. The topological polar surface area (TPSA) is 69.6 Å². The molecule has 21 heavy (non-hydrogen) atoms. The zero-order valence-corrected chi connectivity index (χ0v) is 12.3. The smallest absolute Gasteiger partial charge is 0.301 e. The van der Waals surface area contributed by atoms with E-state index in [0.29, 0.717) is 18.7 Å². The fraction of sp³-hybridized carbons (Fsp3) is 0.429. The summed E-state index contributed by atoms with van der Waals surface area (Å²) in [7, 11) is -3.72. The highest BCUT2D eigenvalue weighted by Gasteiger charge is 2.24. The molecule has 0 atom stereocenters. The quantitative estimate of drug-likeness (QED) is 0.827. The van der Waals surface area contributed by atoms with E-state index in [9.17, 15) is 12.8 Å². The third kappa shape index (κ3) is 4.17. The van der Waals surface area contributed by atoms with Crippen LogP contribution in [0.15, 0.2) is 18.2 Å². The molecule has 0 radical (unpaired) electrons. The lowest BCUT2D eigenvalue weighted by Gasteiger charge is -2.26. The molecule has 5 nitrogen and oxygen atoms in total. The molecule has 0 unspecified atom stereocenters. The summed E-state index contributed by atoms with van der Waals surface area (Å²) in [5, 5.41) is 8.58. The van der Waals surface area contributed by atoms with E-state index < -0.39 is 16.0 Å². The Morgan fingerprint density at radius 3 is 2.62 bits per heavy atom. The first-order valence-corrected chi connectivity index (χ1v) is 8.14. The van der Waals surface area contributed by atoms with Gasteiger partial charge in [0.2, 0.25) is 0 Å². The number of nitrogens with one attached hydrogen (secondary N) is 1. The molecule has 0 aromatic heterocycles. The minimum absolute atomic E-state index is 0.102. The molecule has 1 aromatic rings. The third-order valence-electron chi connectivity index (χ3n) is 3.17. The summed E-state index contributed by atoms with van der Waals surface area (Å²) in [5.74, 6) is 4.27. The second-order valence-electron chi connectivity index (χ2n) is 4.72. The van der Waals surface area contributed by atoms with Crippen molar-refractivity contribution in [3.63, 3.8) is 0 Å². The standard InChI is InChI=1S/C14H17FN2O3S/c15-13-11-12(5-4-10-18)6-7-14(13)16-21(19,20)17-8-2-1-3-9-17/h6-7,11,16,18H,1-3,8-10H2. The SMILES string of the molecule is O=S(=O)(Nc1ccc(C#CCO)cc1F)N1CCCCC1. The lowest BCUT2D eigenvalue weighted by atomic mass is 10.2. The summed E-state index contributed by atoms with van der Waals surface area (Å²) in [4.78, 5) is 0. The predicted molar refractivity (Wildman–Crippen MR) is 78.3 cm³/mol. The van der Waals surface area contributed by atoms with Gasteiger partial charge in [-0.25, -0.2) is 4.39 Å². The van der Waals surface area contributed by atoms with E-state index in [1.54, 1.807) is 0 Å². The van der Waals surface area contributed by atoms with Gasteiger partial charge in [0.15, 0.2) is 0 Å². The Hall–Kier alpha value is -1.62. The van der Waals surface area contributed by atoms with Crippen LogP contribution in [0.3, 0.4) is 0 Å². The van der Waals surface area contributed by atoms with Gasteiger partial charge in [0.1, 0.15) is 12.4 Å². The van der Waals surface area contributed by atoms with Gasteiger partial charge in [-0.1, -0.05) is 18.3 Å². The molecule has 1 heterocycles. The maximum atomic E-state index is 13.9. The van der Waals surface area contributed by atoms with E-state index in [0.717, 1.165) is 25.3 Å². The molecular formula is C14H17FN2O3S. The average molecular weight is 312 g/mol. The molecule has 1 aromatic carbocycles. The molecule has 7 heteroatoms. The van der Waals surface area contributed by atoms with E-state index in [-0.39, 0.29) is 12.3 Å². The second-order valence-corrected chi connectivity index (χ2v) is 6.39. The molecule has 0 spiro atoms. The zero-order chi connectivity index (χ0) is 15.3. The average Bonchev–Trinajstić information content (AvgIpc) is 2.48. The number of hydrogen-bond acceptors (Lipinski definition) is 3. The highest BCUT2D eigenvalue weighted by molar-refractivity contribution is 7.90. The van der Waals surface area contributed by atoms with Gasteiger partial charge in [-0.05, 0) is 31.0 Å². The summed E-state index contributed by atoms with van der Waals surface area (Å²) in [6.07, 6.45) is 2.65. The first kappa shape index (κ1) is 15.8. The maximum absolute atomic E-state index is 13.9. The summed E-state index contributed by atoms with van der Waals surface area (Å²) < 4.78 is 41.8. The monoisotopic (exact) mass is 312 g/mol. The Morgan fingerprint density at radius 1 is 1.29 bits per heavy atom. The van der Waals surface area contributed by atoms with Crippen molar-refractivity contribution in [3.8, 4) is 11.8 Å². The number of benzene rings is 1. The van der Waals surface area contributed by atoms with E-state index in [1.807, 2.05) is 0 Å². The molecule has 114 valence electrons. The maximum Gasteiger partial charge on any atom is 0.301 e. The van der Waals surface area contributed by atoms with Crippen LogP contribution in [0.2, 0.25) is 0 Å². The minimum Gasteiger partial charge on any atom is -0.384 e.